The van der Waals surface area contributed by atoms with Crippen LogP contribution in [0.25, 0.3) is 0 Å². The number of amides is 1. The lowest BCUT2D eigenvalue weighted by Gasteiger charge is -2.22. The maximum Gasteiger partial charge on any atom is 0.225 e. The standard InChI is InChI=1S/C15H22N2O2/c1-17(2)15(18)8-9-19-12-7-6-11-4-3-5-14(16)13(11)10-12/h6-7,10,14H,3-5,8-9,16H2,1-2H3/t14-/m1/s1. The van der Waals surface area contributed by atoms with E-state index in [-0.39, 0.29) is 11.9 Å². The van der Waals surface area contributed by atoms with Crippen LogP contribution in [0.2, 0.25) is 0 Å². The zero-order valence-corrected chi connectivity index (χ0v) is 11.7. The van der Waals surface area contributed by atoms with Crippen molar-refractivity contribution in [3.63, 3.8) is 0 Å². The van der Waals surface area contributed by atoms with Crippen LogP contribution >= 0.6 is 0 Å². The Morgan fingerprint density at radius 3 is 3.00 bits per heavy atom. The van der Waals surface area contributed by atoms with Gasteiger partial charge >= 0.3 is 0 Å². The second-order valence-corrected chi connectivity index (χ2v) is 5.25. The van der Waals surface area contributed by atoms with E-state index in [0.717, 1.165) is 25.0 Å². The summed E-state index contributed by atoms with van der Waals surface area (Å²) in [5.41, 5.74) is 8.64. The summed E-state index contributed by atoms with van der Waals surface area (Å²) in [6.45, 7) is 0.408. The van der Waals surface area contributed by atoms with Gasteiger partial charge in [0.25, 0.3) is 0 Å². The number of rotatable bonds is 4. The van der Waals surface area contributed by atoms with Gasteiger partial charge in [-0.25, -0.2) is 0 Å². The van der Waals surface area contributed by atoms with Crippen LogP contribution in [-0.4, -0.2) is 31.5 Å². The molecule has 1 amide bonds. The van der Waals surface area contributed by atoms with Crippen molar-refractivity contribution in [1.82, 2.24) is 4.90 Å². The van der Waals surface area contributed by atoms with Crippen molar-refractivity contribution in [3.05, 3.63) is 29.3 Å². The lowest BCUT2D eigenvalue weighted by molar-refractivity contribution is -0.129. The Morgan fingerprint density at radius 1 is 1.47 bits per heavy atom. The fourth-order valence-electron chi connectivity index (χ4n) is 2.38. The first kappa shape index (κ1) is 13.9. The number of carbonyl (C=O) groups excluding carboxylic acids is 1. The van der Waals surface area contributed by atoms with E-state index in [1.807, 2.05) is 12.1 Å². The summed E-state index contributed by atoms with van der Waals surface area (Å²) in [5.74, 6) is 0.886. The highest BCUT2D eigenvalue weighted by molar-refractivity contribution is 5.75. The number of fused-ring (bicyclic) bond motifs is 1. The maximum absolute atomic E-state index is 11.4. The lowest BCUT2D eigenvalue weighted by Crippen LogP contribution is -2.23. The van der Waals surface area contributed by atoms with Crippen LogP contribution < -0.4 is 10.5 Å². The monoisotopic (exact) mass is 262 g/mol. The highest BCUT2D eigenvalue weighted by Gasteiger charge is 2.17. The Labute approximate surface area is 114 Å². The summed E-state index contributed by atoms with van der Waals surface area (Å²) >= 11 is 0. The molecule has 0 aromatic heterocycles. The van der Waals surface area contributed by atoms with Crippen LogP contribution in [-0.2, 0) is 11.2 Å². The molecule has 0 saturated carbocycles. The van der Waals surface area contributed by atoms with Gasteiger partial charge in [0.2, 0.25) is 5.91 Å². The van der Waals surface area contributed by atoms with Crippen LogP contribution in [0, 0.1) is 0 Å². The minimum absolute atomic E-state index is 0.0784. The fourth-order valence-corrected chi connectivity index (χ4v) is 2.38. The number of nitrogens with two attached hydrogens (primary N) is 1. The maximum atomic E-state index is 11.4. The van der Waals surface area contributed by atoms with E-state index < -0.39 is 0 Å². The van der Waals surface area contributed by atoms with Crippen molar-refractivity contribution >= 4 is 5.91 Å². The van der Waals surface area contributed by atoms with Gasteiger partial charge in [0.15, 0.2) is 0 Å². The zero-order chi connectivity index (χ0) is 13.8. The Bertz CT molecular complexity index is 457. The van der Waals surface area contributed by atoms with E-state index in [9.17, 15) is 4.79 Å². The number of benzene rings is 1. The average molecular weight is 262 g/mol. The number of nitrogens with zero attached hydrogens (tertiary/aromatic N) is 1. The predicted molar refractivity (Wildman–Crippen MR) is 75.1 cm³/mol. The van der Waals surface area contributed by atoms with Gasteiger partial charge in [-0.3, -0.25) is 4.79 Å². The molecule has 1 aromatic rings. The largest absolute Gasteiger partial charge is 0.493 e. The summed E-state index contributed by atoms with van der Waals surface area (Å²) in [4.78, 5) is 13.0. The molecule has 104 valence electrons. The second kappa shape index (κ2) is 6.06. The summed E-state index contributed by atoms with van der Waals surface area (Å²) in [5, 5.41) is 0. The van der Waals surface area contributed by atoms with E-state index in [1.54, 1.807) is 19.0 Å². The van der Waals surface area contributed by atoms with Gasteiger partial charge in [0.05, 0.1) is 13.0 Å². The Hall–Kier alpha value is -1.55. The van der Waals surface area contributed by atoms with Crippen LogP contribution in [0.4, 0.5) is 0 Å². The third-order valence-electron chi connectivity index (χ3n) is 3.56. The highest BCUT2D eigenvalue weighted by Crippen LogP contribution is 2.30. The number of carbonyl (C=O) groups is 1. The van der Waals surface area contributed by atoms with Gasteiger partial charge < -0.3 is 15.4 Å². The van der Waals surface area contributed by atoms with Crippen LogP contribution in [0.15, 0.2) is 18.2 Å². The molecule has 1 aromatic carbocycles. The van der Waals surface area contributed by atoms with E-state index in [4.69, 9.17) is 10.5 Å². The molecular formula is C15H22N2O2. The van der Waals surface area contributed by atoms with Gasteiger partial charge in [-0.1, -0.05) is 6.07 Å². The number of hydrogen-bond donors (Lipinski definition) is 1. The summed E-state index contributed by atoms with van der Waals surface area (Å²) < 4.78 is 5.64. The quantitative estimate of drug-likeness (QED) is 0.901. The minimum atomic E-state index is 0.0784. The topological polar surface area (TPSA) is 55.6 Å². The van der Waals surface area contributed by atoms with E-state index >= 15 is 0 Å². The normalized spacial score (nSPS) is 17.7. The first-order valence-electron chi connectivity index (χ1n) is 6.79. The average Bonchev–Trinajstić information content (AvgIpc) is 2.39. The summed E-state index contributed by atoms with van der Waals surface area (Å²) in [7, 11) is 3.50. The molecule has 0 radical (unpaired) electrons. The van der Waals surface area contributed by atoms with Crippen molar-refractivity contribution in [2.75, 3.05) is 20.7 Å². The minimum Gasteiger partial charge on any atom is -0.493 e. The molecule has 0 unspecified atom stereocenters. The van der Waals surface area contributed by atoms with Gasteiger partial charge in [-0.05, 0) is 42.5 Å². The predicted octanol–water partition coefficient (Wildman–Crippen LogP) is 1.88. The summed E-state index contributed by atoms with van der Waals surface area (Å²) in [6, 6.07) is 6.21. The molecule has 1 atom stereocenters. The molecule has 2 rings (SSSR count). The van der Waals surface area contributed by atoms with Crippen molar-refractivity contribution in [2.24, 2.45) is 5.73 Å². The molecule has 0 aliphatic heterocycles. The molecule has 0 spiro atoms. The van der Waals surface area contributed by atoms with Crippen LogP contribution in [0.1, 0.15) is 36.4 Å². The molecule has 0 heterocycles. The van der Waals surface area contributed by atoms with Gasteiger partial charge in [0.1, 0.15) is 5.75 Å². The molecule has 19 heavy (non-hydrogen) atoms. The van der Waals surface area contributed by atoms with Crippen molar-refractivity contribution in [2.45, 2.75) is 31.7 Å². The molecule has 2 N–H and O–H groups in total. The molecule has 0 bridgehead atoms. The highest BCUT2D eigenvalue weighted by atomic mass is 16.5. The molecular weight excluding hydrogens is 240 g/mol. The molecule has 1 aliphatic rings. The molecule has 0 fully saturated rings. The van der Waals surface area contributed by atoms with Crippen LogP contribution in [0.3, 0.4) is 0 Å². The van der Waals surface area contributed by atoms with Gasteiger partial charge in [0, 0.05) is 20.1 Å². The van der Waals surface area contributed by atoms with Crippen molar-refractivity contribution in [3.8, 4) is 5.75 Å². The molecule has 4 heteroatoms. The Balaban J connectivity index is 1.95. The van der Waals surface area contributed by atoms with Crippen molar-refractivity contribution < 1.29 is 9.53 Å². The Kier molecular flexibility index (Phi) is 4.43. The smallest absolute Gasteiger partial charge is 0.225 e. The first-order valence-corrected chi connectivity index (χ1v) is 6.79. The lowest BCUT2D eigenvalue weighted by atomic mass is 9.88. The molecule has 0 saturated heterocycles. The molecule has 4 nitrogen and oxygen atoms in total. The van der Waals surface area contributed by atoms with E-state index in [1.165, 1.54) is 11.1 Å². The van der Waals surface area contributed by atoms with Gasteiger partial charge in [-0.2, -0.15) is 0 Å². The summed E-state index contributed by atoms with van der Waals surface area (Å²) in [6.07, 6.45) is 3.69. The SMILES string of the molecule is CN(C)C(=O)CCOc1ccc2c(c1)[C@H](N)CCC2. The number of aryl methyl sites for hydroxylation is 1. The zero-order valence-electron chi connectivity index (χ0n) is 11.7. The Morgan fingerprint density at radius 2 is 2.26 bits per heavy atom. The number of hydrogen-bond acceptors (Lipinski definition) is 3. The van der Waals surface area contributed by atoms with E-state index in [2.05, 4.69) is 6.07 Å². The molecule has 1 aliphatic carbocycles. The third-order valence-corrected chi connectivity index (χ3v) is 3.56. The first-order chi connectivity index (χ1) is 9.08. The number of ether oxygens (including phenoxy) is 1. The third kappa shape index (κ3) is 3.47. The fraction of sp³-hybridized carbons (Fsp3) is 0.533. The van der Waals surface area contributed by atoms with Gasteiger partial charge in [-0.15, -0.1) is 0 Å². The second-order valence-electron chi connectivity index (χ2n) is 5.25. The van der Waals surface area contributed by atoms with Crippen LogP contribution in [0.5, 0.6) is 5.75 Å². The van der Waals surface area contributed by atoms with E-state index in [0.29, 0.717) is 13.0 Å². The van der Waals surface area contributed by atoms with Crippen molar-refractivity contribution in [1.29, 1.82) is 0 Å².